The van der Waals surface area contributed by atoms with Gasteiger partial charge in [0.25, 0.3) is 0 Å². The largest absolute Gasteiger partial charge is 0.294 e. The van der Waals surface area contributed by atoms with Crippen molar-refractivity contribution in [3.63, 3.8) is 0 Å². The molecule has 0 fully saturated rings. The molecule has 3 nitrogen and oxygen atoms in total. The van der Waals surface area contributed by atoms with E-state index in [2.05, 4.69) is 6.92 Å². The van der Waals surface area contributed by atoms with Crippen molar-refractivity contribution in [2.45, 2.75) is 77.7 Å². The first kappa shape index (κ1) is 22.0. The normalized spacial score (nSPS) is 10.8. The molecule has 2 aromatic rings. The summed E-state index contributed by atoms with van der Waals surface area (Å²) in [7, 11) is 0. The van der Waals surface area contributed by atoms with E-state index in [1.165, 1.54) is 44.9 Å². The van der Waals surface area contributed by atoms with Gasteiger partial charge in [0.05, 0.1) is 0 Å². The minimum atomic E-state index is 0.0689. The van der Waals surface area contributed by atoms with Crippen molar-refractivity contribution in [2.24, 2.45) is 0 Å². The molecule has 0 saturated carbocycles. The highest BCUT2D eigenvalue weighted by molar-refractivity contribution is 5.96. The van der Waals surface area contributed by atoms with Crippen molar-refractivity contribution in [3.8, 4) is 0 Å². The maximum Gasteiger partial charge on any atom is 0.227 e. The summed E-state index contributed by atoms with van der Waals surface area (Å²) in [5, 5.41) is 0. The van der Waals surface area contributed by atoms with E-state index >= 15 is 0 Å². The lowest BCUT2D eigenvalue weighted by Crippen LogP contribution is -2.37. The third kappa shape index (κ3) is 8.16. The first-order valence-corrected chi connectivity index (χ1v) is 10.8. The molecular weight excluding hydrogens is 346 g/mol. The Balaban J connectivity index is 1.65. The van der Waals surface area contributed by atoms with E-state index in [-0.39, 0.29) is 18.1 Å². The summed E-state index contributed by atoms with van der Waals surface area (Å²) >= 11 is 0. The molecule has 1 heterocycles. The average Bonchev–Trinajstić information content (AvgIpc) is 2.73. The Hall–Kier alpha value is -2.29. The molecule has 0 N–H and O–H groups in total. The number of hydrogen-bond donors (Lipinski definition) is 0. The van der Waals surface area contributed by atoms with Crippen LogP contribution in [0.4, 0.5) is 0 Å². The molecule has 0 bridgehead atoms. The Bertz CT molecular complexity index is 707. The molecule has 0 unspecified atom stereocenters. The lowest BCUT2D eigenvalue weighted by Gasteiger charge is -2.03. The molecule has 150 valence electrons. The Morgan fingerprint density at radius 2 is 1.21 bits per heavy atom. The molecule has 0 radical (unpaired) electrons. The van der Waals surface area contributed by atoms with Gasteiger partial charge in [0.1, 0.15) is 0 Å². The van der Waals surface area contributed by atoms with E-state index in [4.69, 9.17) is 0 Å². The average molecular weight is 381 g/mol. The summed E-state index contributed by atoms with van der Waals surface area (Å²) in [6.07, 6.45) is 15.6. The van der Waals surface area contributed by atoms with Gasteiger partial charge in [-0.15, -0.1) is 0 Å². The number of hydrogen-bond acceptors (Lipinski definition) is 2. The molecule has 0 amide bonds. The minimum absolute atomic E-state index is 0.0689. The monoisotopic (exact) mass is 380 g/mol. The molecule has 3 heteroatoms. The fourth-order valence-corrected chi connectivity index (χ4v) is 3.37. The Morgan fingerprint density at radius 1 is 0.679 bits per heavy atom. The number of pyridine rings is 1. The molecule has 0 spiro atoms. The Morgan fingerprint density at radius 3 is 1.82 bits per heavy atom. The van der Waals surface area contributed by atoms with Gasteiger partial charge in [-0.2, -0.15) is 4.57 Å². The van der Waals surface area contributed by atoms with Gasteiger partial charge in [0.15, 0.2) is 18.2 Å². The molecular formula is C25H34NO2+. The lowest BCUT2D eigenvalue weighted by molar-refractivity contribution is -0.683. The van der Waals surface area contributed by atoms with Gasteiger partial charge in [-0.1, -0.05) is 88.6 Å². The van der Waals surface area contributed by atoms with Crippen LogP contribution in [-0.4, -0.2) is 11.6 Å². The highest BCUT2D eigenvalue weighted by Crippen LogP contribution is 2.12. The van der Waals surface area contributed by atoms with Gasteiger partial charge >= 0.3 is 0 Å². The van der Waals surface area contributed by atoms with Crippen LogP contribution >= 0.6 is 0 Å². The quantitative estimate of drug-likeness (QED) is 0.230. The Kier molecular flexibility index (Phi) is 10.2. The maximum atomic E-state index is 12.3. The summed E-state index contributed by atoms with van der Waals surface area (Å²) in [5.74, 6) is 0.267. The van der Waals surface area contributed by atoms with E-state index in [9.17, 15) is 9.59 Å². The van der Waals surface area contributed by atoms with Crippen LogP contribution in [0.2, 0.25) is 0 Å². The van der Waals surface area contributed by atoms with E-state index < -0.39 is 0 Å². The highest BCUT2D eigenvalue weighted by Gasteiger charge is 2.13. The van der Waals surface area contributed by atoms with Crippen LogP contribution in [0.3, 0.4) is 0 Å². The molecule has 0 saturated heterocycles. The standard InChI is InChI=1S/C25H34NO2/c1-2-3-4-5-6-7-8-9-13-16-24(27)23-17-19-26(20-18-23)21-25(28)22-14-11-10-12-15-22/h10-12,14-15,17-20H,2-9,13,16,21H2,1H3/q+1. The number of benzene rings is 1. The predicted octanol–water partition coefficient (Wildman–Crippen LogP) is 5.96. The Labute approximate surface area is 169 Å². The van der Waals surface area contributed by atoms with Gasteiger partial charge in [-0.25, -0.2) is 0 Å². The second-order valence-corrected chi connectivity index (χ2v) is 7.55. The van der Waals surface area contributed by atoms with Crippen molar-refractivity contribution in [1.29, 1.82) is 0 Å². The zero-order chi connectivity index (χ0) is 20.0. The van der Waals surface area contributed by atoms with Crippen LogP contribution < -0.4 is 4.57 Å². The van der Waals surface area contributed by atoms with Crippen LogP contribution in [0.1, 0.15) is 91.8 Å². The number of carbonyl (C=O) groups excluding carboxylic acids is 2. The summed E-state index contributed by atoms with van der Waals surface area (Å²) in [6.45, 7) is 2.53. The number of ketones is 2. The van der Waals surface area contributed by atoms with Crippen LogP contribution in [0.15, 0.2) is 54.9 Å². The molecule has 0 aliphatic heterocycles. The SMILES string of the molecule is CCCCCCCCCCCC(=O)c1cc[n+](CC(=O)c2ccccc2)cc1. The molecule has 1 aromatic carbocycles. The first-order chi connectivity index (χ1) is 13.7. The van der Waals surface area contributed by atoms with E-state index in [0.717, 1.165) is 18.4 Å². The second-order valence-electron chi connectivity index (χ2n) is 7.55. The smallest absolute Gasteiger partial charge is 0.227 e. The summed E-state index contributed by atoms with van der Waals surface area (Å²) in [5.41, 5.74) is 1.45. The number of rotatable bonds is 14. The van der Waals surface area contributed by atoms with E-state index in [1.54, 1.807) is 0 Å². The number of aromatic nitrogens is 1. The fourth-order valence-electron chi connectivity index (χ4n) is 3.37. The zero-order valence-corrected chi connectivity index (χ0v) is 17.2. The topological polar surface area (TPSA) is 38.0 Å². The summed E-state index contributed by atoms with van der Waals surface area (Å²) < 4.78 is 1.82. The summed E-state index contributed by atoms with van der Waals surface area (Å²) in [6, 6.07) is 12.9. The maximum absolute atomic E-state index is 12.3. The summed E-state index contributed by atoms with van der Waals surface area (Å²) in [4.78, 5) is 24.6. The molecule has 1 aromatic heterocycles. The van der Waals surface area contributed by atoms with Gasteiger partial charge in [-0.05, 0) is 6.42 Å². The van der Waals surface area contributed by atoms with Crippen LogP contribution in [0.25, 0.3) is 0 Å². The van der Waals surface area contributed by atoms with Gasteiger partial charge in [-0.3, -0.25) is 9.59 Å². The predicted molar refractivity (Wildman–Crippen MR) is 114 cm³/mol. The van der Waals surface area contributed by atoms with Crippen LogP contribution in [0, 0.1) is 0 Å². The van der Waals surface area contributed by atoms with Crippen LogP contribution in [-0.2, 0) is 6.54 Å². The van der Waals surface area contributed by atoms with Crippen molar-refractivity contribution in [3.05, 3.63) is 66.0 Å². The molecule has 0 atom stereocenters. The first-order valence-electron chi connectivity index (χ1n) is 10.8. The van der Waals surface area contributed by atoms with Crippen LogP contribution in [0.5, 0.6) is 0 Å². The van der Waals surface area contributed by atoms with Gasteiger partial charge in [0.2, 0.25) is 12.3 Å². The number of carbonyl (C=O) groups is 2. The molecule has 0 aliphatic rings. The second kappa shape index (κ2) is 13.0. The number of nitrogens with zero attached hydrogens (tertiary/aromatic N) is 1. The fraction of sp³-hybridized carbons (Fsp3) is 0.480. The highest BCUT2D eigenvalue weighted by atomic mass is 16.1. The molecule has 28 heavy (non-hydrogen) atoms. The van der Waals surface area contributed by atoms with Crippen molar-refractivity contribution < 1.29 is 14.2 Å². The molecule has 2 rings (SSSR count). The van der Waals surface area contributed by atoms with Gasteiger partial charge in [0, 0.05) is 29.7 Å². The minimum Gasteiger partial charge on any atom is -0.294 e. The van der Waals surface area contributed by atoms with Crippen molar-refractivity contribution in [2.75, 3.05) is 0 Å². The number of unbranched alkanes of at least 4 members (excludes halogenated alkanes) is 8. The van der Waals surface area contributed by atoms with E-state index in [0.29, 0.717) is 12.0 Å². The van der Waals surface area contributed by atoms with Crippen molar-refractivity contribution >= 4 is 11.6 Å². The lowest BCUT2D eigenvalue weighted by atomic mass is 10.0. The zero-order valence-electron chi connectivity index (χ0n) is 17.2. The van der Waals surface area contributed by atoms with E-state index in [1.807, 2.05) is 59.4 Å². The number of Topliss-reactive ketones (excluding diaryl/α,β-unsaturated/α-hetero) is 2. The third-order valence-corrected chi connectivity index (χ3v) is 5.14. The van der Waals surface area contributed by atoms with Gasteiger partial charge < -0.3 is 0 Å². The molecule has 0 aliphatic carbocycles. The van der Waals surface area contributed by atoms with Crippen molar-refractivity contribution in [1.82, 2.24) is 0 Å². The third-order valence-electron chi connectivity index (χ3n) is 5.14.